The van der Waals surface area contributed by atoms with Crippen molar-refractivity contribution in [3.63, 3.8) is 0 Å². The monoisotopic (exact) mass is 314 g/mol. The van der Waals surface area contributed by atoms with Crippen LogP contribution in [0.25, 0.3) is 0 Å². The topological polar surface area (TPSA) is 24.8 Å². The Morgan fingerprint density at radius 3 is 2.82 bits per heavy atom. The van der Waals surface area contributed by atoms with Crippen LogP contribution < -0.4 is 0 Å². The lowest BCUT2D eigenvalue weighted by atomic mass is 9.89. The third-order valence-electron chi connectivity index (χ3n) is 4.12. The summed E-state index contributed by atoms with van der Waals surface area (Å²) in [6, 6.07) is 0.391. The minimum atomic E-state index is 0.391. The maximum atomic E-state index is 5.35. The summed E-state index contributed by atoms with van der Waals surface area (Å²) < 4.78 is 5.35. The molecular formula is C18H22N2OS. The second-order valence-corrected chi connectivity index (χ2v) is 6.39. The molecule has 2 aliphatic carbocycles. The first-order valence-corrected chi connectivity index (χ1v) is 8.92. The average Bonchev–Trinajstić information content (AvgIpc) is 3.27. The molecule has 22 heavy (non-hydrogen) atoms. The summed E-state index contributed by atoms with van der Waals surface area (Å²) >= 11 is 1.77. The molecule has 3 fully saturated rings. The summed E-state index contributed by atoms with van der Waals surface area (Å²) in [6.45, 7) is 1.75. The van der Waals surface area contributed by atoms with Crippen LogP contribution in [0.1, 0.15) is 12.8 Å². The molecular weight excluding hydrogens is 292 g/mol. The maximum absolute atomic E-state index is 5.35. The largest absolute Gasteiger partial charge is 0.382 e. The summed E-state index contributed by atoms with van der Waals surface area (Å²) in [5.41, 5.74) is 1.07. The third kappa shape index (κ3) is 3.64. The Bertz CT molecular complexity index is 381. The fourth-order valence-electron chi connectivity index (χ4n) is 3.02. The highest BCUT2D eigenvalue weighted by molar-refractivity contribution is 8.01. The van der Waals surface area contributed by atoms with Crippen LogP contribution in [0.15, 0.2) is 5.10 Å². The molecule has 0 N–H and O–H groups in total. The summed E-state index contributed by atoms with van der Waals surface area (Å²) in [7, 11) is 1.77. The number of hydrogen-bond acceptors (Lipinski definition) is 4. The molecule has 116 valence electrons. The van der Waals surface area contributed by atoms with E-state index in [1.165, 1.54) is 23.5 Å². The first kappa shape index (κ1) is 16.6. The van der Waals surface area contributed by atoms with E-state index in [1.807, 2.05) is 0 Å². The number of ether oxygens (including phenoxy) is 1. The van der Waals surface area contributed by atoms with E-state index in [0.717, 1.165) is 25.3 Å². The van der Waals surface area contributed by atoms with E-state index < -0.39 is 0 Å². The number of thioether (sulfide) groups is 1. The number of methoxy groups -OCH3 is 1. The first-order valence-electron chi connectivity index (χ1n) is 7.70. The molecule has 0 unspecified atom stereocenters. The van der Waals surface area contributed by atoms with Crippen LogP contribution in [0, 0.1) is 62.0 Å². The lowest BCUT2D eigenvalue weighted by Gasteiger charge is -2.27. The number of nitrogens with zero attached hydrogens (tertiary/aromatic N) is 2. The van der Waals surface area contributed by atoms with Crippen molar-refractivity contribution in [1.29, 1.82) is 0 Å². The van der Waals surface area contributed by atoms with Crippen LogP contribution in [0.2, 0.25) is 0 Å². The zero-order valence-electron chi connectivity index (χ0n) is 13.2. The zero-order chi connectivity index (χ0) is 15.4. The predicted octanol–water partition coefficient (Wildman–Crippen LogP) is 2.95. The Morgan fingerprint density at radius 2 is 2.09 bits per heavy atom. The lowest BCUT2D eigenvalue weighted by Crippen LogP contribution is -2.32. The highest BCUT2D eigenvalue weighted by Gasteiger charge is 2.39. The molecule has 0 amide bonds. The molecule has 3 nitrogen and oxygen atoms in total. The summed E-state index contributed by atoms with van der Waals surface area (Å²) in [6.07, 6.45) is 19.3. The Kier molecular flexibility index (Phi) is 6.09. The molecule has 0 aromatic rings. The van der Waals surface area contributed by atoms with Crippen LogP contribution >= 0.6 is 11.8 Å². The normalized spacial score (nSPS) is 29.1. The van der Waals surface area contributed by atoms with Crippen LogP contribution in [-0.4, -0.2) is 43.3 Å². The number of hydrazone groups is 1. The lowest BCUT2D eigenvalue weighted by molar-refractivity contribution is 0.118. The van der Waals surface area contributed by atoms with Crippen molar-refractivity contribution in [3.05, 3.63) is 62.0 Å². The van der Waals surface area contributed by atoms with Crippen LogP contribution in [0.4, 0.5) is 0 Å². The van der Waals surface area contributed by atoms with E-state index in [-0.39, 0.29) is 0 Å². The highest BCUT2D eigenvalue weighted by Crippen LogP contribution is 2.45. The third-order valence-corrected chi connectivity index (χ3v) is 4.92. The standard InChI is InChI=1S/C18H22N2OS/c1-21-13-15-9-6-12-20(15)19-18(14-7-3-4-8-14)16-10-5-11-17(16)22-2/h3-5,7-8,10-11,15H,6,9,12-13H2,1-2H3/b19-18+/t15-/m0/s1. The molecule has 1 atom stereocenters. The molecule has 3 aliphatic rings. The molecule has 0 aromatic carbocycles. The van der Waals surface area contributed by atoms with Crippen LogP contribution in [0.5, 0.6) is 0 Å². The van der Waals surface area contributed by atoms with E-state index in [2.05, 4.69) is 56.2 Å². The van der Waals surface area contributed by atoms with Gasteiger partial charge in [0, 0.05) is 30.7 Å². The Labute approximate surface area is 140 Å². The van der Waals surface area contributed by atoms with Gasteiger partial charge in [-0.1, -0.05) is 0 Å². The van der Waals surface area contributed by atoms with Gasteiger partial charge in [0.05, 0.1) is 18.4 Å². The van der Waals surface area contributed by atoms with Crippen molar-refractivity contribution in [2.24, 2.45) is 5.10 Å². The van der Waals surface area contributed by atoms with Crippen molar-refractivity contribution < 1.29 is 4.74 Å². The molecule has 10 radical (unpaired) electrons. The van der Waals surface area contributed by atoms with Gasteiger partial charge in [0.2, 0.25) is 0 Å². The van der Waals surface area contributed by atoms with Gasteiger partial charge in [-0.3, -0.25) is 5.01 Å². The predicted molar refractivity (Wildman–Crippen MR) is 92.4 cm³/mol. The van der Waals surface area contributed by atoms with Gasteiger partial charge in [-0.15, -0.1) is 0 Å². The molecule has 1 saturated heterocycles. The van der Waals surface area contributed by atoms with Crippen LogP contribution in [0.3, 0.4) is 0 Å². The maximum Gasteiger partial charge on any atom is 0.0704 e. The average molecular weight is 314 g/mol. The molecule has 3 rings (SSSR count). The first-order chi connectivity index (χ1) is 10.8. The zero-order valence-corrected chi connectivity index (χ0v) is 14.0. The number of rotatable bonds is 6. The van der Waals surface area contributed by atoms with Gasteiger partial charge < -0.3 is 4.74 Å². The molecule has 0 bridgehead atoms. The van der Waals surface area contributed by atoms with E-state index in [1.54, 1.807) is 18.9 Å². The van der Waals surface area contributed by atoms with E-state index >= 15 is 0 Å². The number of hydrogen-bond donors (Lipinski definition) is 0. The van der Waals surface area contributed by atoms with Gasteiger partial charge in [0.15, 0.2) is 0 Å². The molecule has 4 heteroatoms. The van der Waals surface area contributed by atoms with Crippen molar-refractivity contribution in [3.8, 4) is 0 Å². The highest BCUT2D eigenvalue weighted by atomic mass is 32.2. The summed E-state index contributed by atoms with van der Waals surface area (Å²) in [5, 5.41) is 8.52. The van der Waals surface area contributed by atoms with Crippen LogP contribution in [-0.2, 0) is 4.74 Å². The van der Waals surface area contributed by atoms with Crippen molar-refractivity contribution in [2.45, 2.75) is 18.9 Å². The quantitative estimate of drug-likeness (QED) is 0.705. The van der Waals surface area contributed by atoms with E-state index in [0.29, 0.717) is 6.04 Å². The van der Waals surface area contributed by atoms with Gasteiger partial charge >= 0.3 is 0 Å². The molecule has 0 spiro atoms. The van der Waals surface area contributed by atoms with Gasteiger partial charge in [-0.2, -0.15) is 16.9 Å². The fraction of sp³-hybridized carbons (Fsp3) is 0.389. The Balaban J connectivity index is 1.79. The second-order valence-electron chi connectivity index (χ2n) is 5.54. The van der Waals surface area contributed by atoms with Crippen molar-refractivity contribution in [2.75, 3.05) is 26.5 Å². The summed E-state index contributed by atoms with van der Waals surface area (Å²) in [5.74, 6) is 2.41. The minimum Gasteiger partial charge on any atom is -0.382 e. The fourth-order valence-corrected chi connectivity index (χ4v) is 3.62. The summed E-state index contributed by atoms with van der Waals surface area (Å²) in [4.78, 5) is 0. The SMILES string of the molecule is COC[C@@H]1CCCN1/N=C(\[C]1[CH][CH][CH][CH]1)[C]1[CH][CH][CH][C]1SC. The molecule has 0 aromatic heterocycles. The Morgan fingerprint density at radius 1 is 1.27 bits per heavy atom. The van der Waals surface area contributed by atoms with E-state index in [4.69, 9.17) is 9.84 Å². The van der Waals surface area contributed by atoms with Gasteiger partial charge in [-0.25, -0.2) is 0 Å². The van der Waals surface area contributed by atoms with Crippen molar-refractivity contribution in [1.82, 2.24) is 5.01 Å². The van der Waals surface area contributed by atoms with Crippen molar-refractivity contribution >= 4 is 17.5 Å². The van der Waals surface area contributed by atoms with E-state index in [9.17, 15) is 0 Å². The van der Waals surface area contributed by atoms with Gasteiger partial charge in [0.25, 0.3) is 0 Å². The molecule has 1 heterocycles. The second kappa shape index (κ2) is 8.05. The molecule has 1 aliphatic heterocycles. The minimum absolute atomic E-state index is 0.391. The smallest absolute Gasteiger partial charge is 0.0704 e. The van der Waals surface area contributed by atoms with Gasteiger partial charge in [0.1, 0.15) is 0 Å². The Hall–Kier alpha value is -0.220. The molecule has 2 saturated carbocycles. The van der Waals surface area contributed by atoms with Gasteiger partial charge in [-0.05, 0) is 64.0 Å².